The summed E-state index contributed by atoms with van der Waals surface area (Å²) < 4.78 is 22.1. The van der Waals surface area contributed by atoms with E-state index < -0.39 is 0 Å². The summed E-state index contributed by atoms with van der Waals surface area (Å²) in [7, 11) is 0. The van der Waals surface area contributed by atoms with E-state index in [1.54, 1.807) is 12.4 Å². The number of benzene rings is 1. The summed E-state index contributed by atoms with van der Waals surface area (Å²) in [6, 6.07) is 6.57. The number of rotatable bonds is 25. The summed E-state index contributed by atoms with van der Waals surface area (Å²) >= 11 is 0. The zero-order valence-corrected chi connectivity index (χ0v) is 27.7. The maximum Gasteiger partial charge on any atom is 0.254 e. The molecule has 47 heavy (non-hydrogen) atoms. The van der Waals surface area contributed by atoms with Crippen molar-refractivity contribution in [2.75, 3.05) is 85.6 Å². The molecule has 0 saturated heterocycles. The van der Waals surface area contributed by atoms with Gasteiger partial charge in [-0.25, -0.2) is 0 Å². The topological polar surface area (TPSA) is 162 Å². The van der Waals surface area contributed by atoms with E-state index in [-0.39, 0.29) is 17.4 Å². The first-order chi connectivity index (χ1) is 23.0. The Morgan fingerprint density at radius 3 is 2.17 bits per heavy atom. The van der Waals surface area contributed by atoms with E-state index in [9.17, 15) is 9.59 Å². The fourth-order valence-electron chi connectivity index (χ4n) is 4.42. The molecule has 13 heteroatoms. The standard InChI is InChI=1S/C34H51N7O6/c1-4-28-5-6-31-27-41(12-7-30(31)21-28)33(42)8-13-44-15-17-46-19-20-47-18-16-45-14-11-40-34(43)32(25-37-3)26-39-10-9-38-24-29(22-35)23-36-2/h5-6,21,23-26H,2-4,7-20,22,27,35H2,1H3,(H,40,43)/b29-23-,32-25+,38-24?,39-26?. The number of carbonyl (C=O) groups is 2. The van der Waals surface area contributed by atoms with Crippen molar-refractivity contribution in [2.45, 2.75) is 32.7 Å². The number of nitrogens with two attached hydrogens (primary N) is 1. The second-order valence-electron chi connectivity index (χ2n) is 10.4. The minimum atomic E-state index is -0.332. The lowest BCUT2D eigenvalue weighted by Gasteiger charge is -2.29. The highest BCUT2D eigenvalue weighted by atomic mass is 16.6. The molecule has 0 aromatic heterocycles. The highest BCUT2D eigenvalue weighted by Gasteiger charge is 2.20. The van der Waals surface area contributed by atoms with Crippen molar-refractivity contribution >= 4 is 37.7 Å². The molecule has 2 rings (SSSR count). The summed E-state index contributed by atoms with van der Waals surface area (Å²) in [5.74, 6) is -0.210. The molecule has 1 aliphatic heterocycles. The number of fused-ring (bicyclic) bond motifs is 1. The molecule has 13 nitrogen and oxygen atoms in total. The monoisotopic (exact) mass is 653 g/mol. The van der Waals surface area contributed by atoms with Gasteiger partial charge in [0.05, 0.1) is 77.9 Å². The second kappa shape index (κ2) is 25.2. The Morgan fingerprint density at radius 2 is 1.53 bits per heavy atom. The molecule has 0 atom stereocenters. The number of hydrogen-bond donors (Lipinski definition) is 2. The number of nitrogens with one attached hydrogen (secondary N) is 1. The maximum atomic E-state index is 12.6. The van der Waals surface area contributed by atoms with Crippen LogP contribution in [0.2, 0.25) is 0 Å². The van der Waals surface area contributed by atoms with E-state index in [0.717, 1.165) is 25.0 Å². The van der Waals surface area contributed by atoms with Crippen LogP contribution in [0.3, 0.4) is 0 Å². The third kappa shape index (κ3) is 17.0. The van der Waals surface area contributed by atoms with Crippen LogP contribution >= 0.6 is 0 Å². The van der Waals surface area contributed by atoms with Crippen molar-refractivity contribution < 1.29 is 28.5 Å². The lowest BCUT2D eigenvalue weighted by molar-refractivity contribution is -0.133. The van der Waals surface area contributed by atoms with Gasteiger partial charge in [0.1, 0.15) is 0 Å². The number of aryl methyl sites for hydroxylation is 1. The van der Waals surface area contributed by atoms with Crippen LogP contribution in [0.25, 0.3) is 0 Å². The van der Waals surface area contributed by atoms with Crippen molar-refractivity contribution in [3.63, 3.8) is 0 Å². The van der Waals surface area contributed by atoms with Crippen molar-refractivity contribution in [1.82, 2.24) is 10.2 Å². The summed E-state index contributed by atoms with van der Waals surface area (Å²) in [4.78, 5) is 42.6. The summed E-state index contributed by atoms with van der Waals surface area (Å²) in [5, 5.41) is 2.75. The third-order valence-corrected chi connectivity index (χ3v) is 6.98. The zero-order valence-electron chi connectivity index (χ0n) is 27.7. The normalized spacial score (nSPS) is 13.7. The molecule has 0 aliphatic carbocycles. The van der Waals surface area contributed by atoms with Gasteiger partial charge in [0, 0.05) is 56.6 Å². The molecule has 1 heterocycles. The van der Waals surface area contributed by atoms with Gasteiger partial charge in [-0.3, -0.25) is 29.6 Å². The van der Waals surface area contributed by atoms with Crippen LogP contribution in [0.15, 0.2) is 61.7 Å². The minimum absolute atomic E-state index is 0.123. The quantitative estimate of drug-likeness (QED) is 0.0927. The molecular weight excluding hydrogens is 602 g/mol. The Hall–Kier alpha value is -3.88. The number of carbonyl (C=O) groups excluding carboxylic acids is 2. The molecule has 0 radical (unpaired) electrons. The Kier molecular flexibility index (Phi) is 21.1. The Morgan fingerprint density at radius 1 is 0.894 bits per heavy atom. The van der Waals surface area contributed by atoms with Gasteiger partial charge in [0.15, 0.2) is 0 Å². The van der Waals surface area contributed by atoms with Gasteiger partial charge in [-0.15, -0.1) is 0 Å². The average molecular weight is 654 g/mol. The molecule has 0 saturated carbocycles. The fourth-order valence-corrected chi connectivity index (χ4v) is 4.42. The van der Waals surface area contributed by atoms with Gasteiger partial charge < -0.3 is 34.9 Å². The summed E-state index contributed by atoms with van der Waals surface area (Å²) in [5.41, 5.74) is 10.6. The smallest absolute Gasteiger partial charge is 0.254 e. The van der Waals surface area contributed by atoms with Crippen LogP contribution < -0.4 is 11.1 Å². The van der Waals surface area contributed by atoms with Crippen LogP contribution in [-0.4, -0.2) is 128 Å². The number of aliphatic imine (C=N–C) groups is 4. The average Bonchev–Trinajstić information content (AvgIpc) is 3.09. The van der Waals surface area contributed by atoms with Crippen LogP contribution in [0.4, 0.5) is 0 Å². The van der Waals surface area contributed by atoms with Crippen molar-refractivity contribution in [3.8, 4) is 0 Å². The maximum absolute atomic E-state index is 12.6. The van der Waals surface area contributed by atoms with E-state index in [2.05, 4.69) is 63.8 Å². The highest BCUT2D eigenvalue weighted by molar-refractivity contribution is 6.12. The van der Waals surface area contributed by atoms with Gasteiger partial charge in [0.25, 0.3) is 5.91 Å². The van der Waals surface area contributed by atoms with Gasteiger partial charge in [-0.1, -0.05) is 25.1 Å². The van der Waals surface area contributed by atoms with Gasteiger partial charge in [-0.05, 0) is 43.0 Å². The van der Waals surface area contributed by atoms with Crippen LogP contribution in [0.5, 0.6) is 0 Å². The molecular formula is C34H51N7O6. The van der Waals surface area contributed by atoms with Crippen LogP contribution in [0, 0.1) is 0 Å². The second-order valence-corrected chi connectivity index (χ2v) is 10.4. The van der Waals surface area contributed by atoms with Crippen molar-refractivity contribution in [3.05, 3.63) is 58.4 Å². The summed E-state index contributed by atoms with van der Waals surface area (Å²) in [6.07, 6.45) is 8.25. The lowest BCUT2D eigenvalue weighted by Crippen LogP contribution is -2.36. The molecule has 1 aromatic carbocycles. The van der Waals surface area contributed by atoms with E-state index in [1.165, 1.54) is 29.1 Å². The van der Waals surface area contributed by atoms with Gasteiger partial charge in [0.2, 0.25) is 5.91 Å². The zero-order chi connectivity index (χ0) is 34.0. The molecule has 0 bridgehead atoms. The fraction of sp³-hybridized carbons (Fsp3) is 0.529. The van der Waals surface area contributed by atoms with Crippen molar-refractivity contribution in [1.29, 1.82) is 0 Å². The number of amides is 2. The molecule has 1 aromatic rings. The largest absolute Gasteiger partial charge is 0.379 e. The number of nitrogens with zero attached hydrogens (tertiary/aromatic N) is 5. The first-order valence-electron chi connectivity index (χ1n) is 16.0. The molecule has 2 amide bonds. The van der Waals surface area contributed by atoms with E-state index in [0.29, 0.717) is 92.0 Å². The van der Waals surface area contributed by atoms with E-state index in [4.69, 9.17) is 24.7 Å². The molecule has 1 aliphatic rings. The van der Waals surface area contributed by atoms with E-state index >= 15 is 0 Å². The third-order valence-electron chi connectivity index (χ3n) is 6.98. The molecule has 258 valence electrons. The minimum Gasteiger partial charge on any atom is -0.379 e. The lowest BCUT2D eigenvalue weighted by atomic mass is 9.96. The first-order valence-corrected chi connectivity index (χ1v) is 16.0. The molecule has 0 unspecified atom stereocenters. The van der Waals surface area contributed by atoms with Gasteiger partial charge >= 0.3 is 0 Å². The van der Waals surface area contributed by atoms with Crippen LogP contribution in [0.1, 0.15) is 30.0 Å². The Bertz CT molecular complexity index is 1230. The predicted molar refractivity (Wildman–Crippen MR) is 187 cm³/mol. The van der Waals surface area contributed by atoms with Gasteiger partial charge in [-0.2, -0.15) is 0 Å². The highest BCUT2D eigenvalue weighted by Crippen LogP contribution is 2.21. The molecule has 3 N–H and O–H groups in total. The van der Waals surface area contributed by atoms with E-state index in [1.807, 2.05) is 4.90 Å². The Balaban J connectivity index is 1.41. The summed E-state index contributed by atoms with van der Waals surface area (Å²) in [6.45, 7) is 15.0. The van der Waals surface area contributed by atoms with Crippen LogP contribution in [-0.2, 0) is 47.9 Å². The number of ether oxygens (including phenoxy) is 4. The molecule has 0 spiro atoms. The molecule has 0 fully saturated rings. The SMILES string of the molecule is C=N/C=C(\C=NCCN=C/C(=C\N=C)C(=O)NCCOCCOCCOCCOCCC(=O)N1CCc2cc(CC)ccc2C1)CN. The first kappa shape index (κ1) is 39.3. The predicted octanol–water partition coefficient (Wildman–Crippen LogP) is 1.98. The number of hydrogen-bond acceptors (Lipinski definition) is 11. The Labute approximate surface area is 278 Å². The van der Waals surface area contributed by atoms with Crippen molar-refractivity contribution in [2.24, 2.45) is 25.7 Å².